The van der Waals surface area contributed by atoms with Gasteiger partial charge < -0.3 is 15.7 Å². The minimum absolute atomic E-state index is 0.0259. The van der Waals surface area contributed by atoms with Gasteiger partial charge in [0.25, 0.3) is 0 Å². The van der Waals surface area contributed by atoms with Gasteiger partial charge in [-0.2, -0.15) is 0 Å². The highest BCUT2D eigenvalue weighted by molar-refractivity contribution is 5.94. The van der Waals surface area contributed by atoms with E-state index in [1.807, 2.05) is 42.5 Å². The first kappa shape index (κ1) is 16.2. The lowest BCUT2D eigenvalue weighted by Crippen LogP contribution is -2.20. The summed E-state index contributed by atoms with van der Waals surface area (Å²) in [6, 6.07) is 13.8. The summed E-state index contributed by atoms with van der Waals surface area (Å²) in [5, 5.41) is 15.1. The first-order valence-corrected chi connectivity index (χ1v) is 7.98. The van der Waals surface area contributed by atoms with Crippen LogP contribution < -0.4 is 10.6 Å². The maximum atomic E-state index is 12.0. The Labute approximate surface area is 140 Å². The van der Waals surface area contributed by atoms with E-state index in [9.17, 15) is 14.7 Å². The lowest BCUT2D eigenvalue weighted by Gasteiger charge is -2.12. The van der Waals surface area contributed by atoms with Crippen LogP contribution in [0.5, 0.6) is 0 Å². The molecule has 0 heterocycles. The first-order chi connectivity index (χ1) is 11.6. The number of amides is 2. The number of benzene rings is 2. The Bertz CT molecular complexity index is 786. The van der Waals surface area contributed by atoms with Crippen molar-refractivity contribution < 1.29 is 14.7 Å². The fraction of sp³-hybridized carbons (Fsp3) is 0.263. The second kappa shape index (κ2) is 6.84. The second-order valence-corrected chi connectivity index (χ2v) is 5.85. The molecule has 0 radical (unpaired) electrons. The molecule has 2 aromatic carbocycles. The molecule has 0 spiro atoms. The normalized spacial score (nSPS) is 14.7. The molecule has 5 nitrogen and oxygen atoms in total. The van der Waals surface area contributed by atoms with Crippen molar-refractivity contribution in [2.75, 3.05) is 19.0 Å². The summed E-state index contributed by atoms with van der Waals surface area (Å²) < 4.78 is 0. The van der Waals surface area contributed by atoms with E-state index >= 15 is 0 Å². The van der Waals surface area contributed by atoms with Crippen LogP contribution in [0.1, 0.15) is 29.9 Å². The van der Waals surface area contributed by atoms with Gasteiger partial charge in [-0.3, -0.25) is 9.59 Å². The molecule has 1 aliphatic rings. The summed E-state index contributed by atoms with van der Waals surface area (Å²) in [4.78, 5) is 23.2. The molecule has 0 fully saturated rings. The van der Waals surface area contributed by atoms with Crippen LogP contribution in [0, 0.1) is 0 Å². The Morgan fingerprint density at radius 3 is 2.46 bits per heavy atom. The van der Waals surface area contributed by atoms with E-state index in [1.54, 1.807) is 7.05 Å². The van der Waals surface area contributed by atoms with Gasteiger partial charge in [0.1, 0.15) is 0 Å². The van der Waals surface area contributed by atoms with Crippen LogP contribution in [-0.2, 0) is 9.59 Å². The van der Waals surface area contributed by atoms with Crippen LogP contribution in [0.25, 0.3) is 11.1 Å². The van der Waals surface area contributed by atoms with E-state index in [0.717, 1.165) is 22.3 Å². The van der Waals surface area contributed by atoms with E-state index < -0.39 is 0 Å². The van der Waals surface area contributed by atoms with Crippen molar-refractivity contribution in [1.82, 2.24) is 5.32 Å². The number of fused-ring (bicyclic) bond motifs is 3. The summed E-state index contributed by atoms with van der Waals surface area (Å²) in [5.41, 5.74) is 5.03. The highest BCUT2D eigenvalue weighted by Crippen LogP contribution is 2.45. The smallest absolute Gasteiger partial charge is 0.224 e. The van der Waals surface area contributed by atoms with Crippen LogP contribution in [0.2, 0.25) is 0 Å². The number of nitrogens with one attached hydrogen (secondary N) is 2. The molecule has 3 rings (SSSR count). The van der Waals surface area contributed by atoms with Crippen LogP contribution in [0.3, 0.4) is 0 Å². The van der Waals surface area contributed by atoms with Gasteiger partial charge in [0.15, 0.2) is 0 Å². The standard InChI is InChI=1S/C19H20N2O3/c1-20-18(23)8-9-19(24)21-12-6-7-15-13-4-2-3-5-14(13)17(11-22)16(15)10-12/h2-7,10,17,22H,8-9,11H2,1H3,(H,20,23)(H,21,24). The molecule has 0 bridgehead atoms. The highest BCUT2D eigenvalue weighted by atomic mass is 16.3. The molecule has 3 N–H and O–H groups in total. The molecular weight excluding hydrogens is 304 g/mol. The third-order valence-corrected chi connectivity index (χ3v) is 4.38. The number of anilines is 1. The second-order valence-electron chi connectivity index (χ2n) is 5.85. The fourth-order valence-electron chi connectivity index (χ4n) is 3.16. The SMILES string of the molecule is CNC(=O)CCC(=O)Nc1ccc2c(c1)C(CO)c1ccccc1-2. The Hall–Kier alpha value is -2.66. The summed E-state index contributed by atoms with van der Waals surface area (Å²) in [6.45, 7) is 0.0259. The zero-order valence-corrected chi connectivity index (χ0v) is 13.5. The Morgan fingerprint density at radius 2 is 1.71 bits per heavy atom. The largest absolute Gasteiger partial charge is 0.395 e. The van der Waals surface area contributed by atoms with Crippen LogP contribution in [0.4, 0.5) is 5.69 Å². The average Bonchev–Trinajstić information content (AvgIpc) is 2.92. The first-order valence-electron chi connectivity index (χ1n) is 7.98. The highest BCUT2D eigenvalue weighted by Gasteiger charge is 2.28. The van der Waals surface area contributed by atoms with E-state index in [4.69, 9.17) is 0 Å². The summed E-state index contributed by atoms with van der Waals surface area (Å²) in [5.74, 6) is -0.427. The van der Waals surface area contributed by atoms with Gasteiger partial charge in [-0.25, -0.2) is 0 Å². The van der Waals surface area contributed by atoms with E-state index in [0.29, 0.717) is 5.69 Å². The van der Waals surface area contributed by atoms with Gasteiger partial charge in [0.05, 0.1) is 6.61 Å². The molecule has 2 amide bonds. The molecular formula is C19H20N2O3. The monoisotopic (exact) mass is 324 g/mol. The van der Waals surface area contributed by atoms with Gasteiger partial charge in [-0.05, 0) is 34.4 Å². The molecule has 124 valence electrons. The quantitative estimate of drug-likeness (QED) is 0.789. The summed E-state index contributed by atoms with van der Waals surface area (Å²) in [7, 11) is 1.55. The predicted octanol–water partition coefficient (Wildman–Crippen LogP) is 2.26. The summed E-state index contributed by atoms with van der Waals surface area (Å²) >= 11 is 0. The number of rotatable bonds is 5. The van der Waals surface area contributed by atoms with E-state index in [1.165, 1.54) is 0 Å². The Kier molecular flexibility index (Phi) is 4.62. The molecule has 5 heteroatoms. The molecule has 0 aromatic heterocycles. The zero-order valence-electron chi connectivity index (χ0n) is 13.5. The fourth-order valence-corrected chi connectivity index (χ4v) is 3.16. The molecule has 2 aromatic rings. The van der Waals surface area contributed by atoms with Gasteiger partial charge >= 0.3 is 0 Å². The Morgan fingerprint density at radius 1 is 1.00 bits per heavy atom. The van der Waals surface area contributed by atoms with Crippen molar-refractivity contribution in [3.05, 3.63) is 53.6 Å². The number of carbonyl (C=O) groups is 2. The van der Waals surface area contributed by atoms with Gasteiger partial charge in [0, 0.05) is 31.5 Å². The third kappa shape index (κ3) is 3.03. The molecule has 0 aliphatic heterocycles. The maximum Gasteiger partial charge on any atom is 0.224 e. The van der Waals surface area contributed by atoms with Crippen molar-refractivity contribution in [3.8, 4) is 11.1 Å². The maximum absolute atomic E-state index is 12.0. The minimum Gasteiger partial charge on any atom is -0.395 e. The molecule has 1 aliphatic carbocycles. The molecule has 1 atom stereocenters. The van der Waals surface area contributed by atoms with Crippen molar-refractivity contribution >= 4 is 17.5 Å². The Balaban J connectivity index is 1.79. The molecule has 0 saturated carbocycles. The minimum atomic E-state index is -0.199. The lowest BCUT2D eigenvalue weighted by molar-refractivity contribution is -0.124. The molecule has 24 heavy (non-hydrogen) atoms. The number of aliphatic hydroxyl groups excluding tert-OH is 1. The van der Waals surface area contributed by atoms with Gasteiger partial charge in [-0.15, -0.1) is 0 Å². The molecule has 0 saturated heterocycles. The lowest BCUT2D eigenvalue weighted by atomic mass is 9.98. The summed E-state index contributed by atoms with van der Waals surface area (Å²) in [6.07, 6.45) is 0.304. The van der Waals surface area contributed by atoms with E-state index in [2.05, 4.69) is 10.6 Å². The topological polar surface area (TPSA) is 78.4 Å². The van der Waals surface area contributed by atoms with Crippen molar-refractivity contribution in [3.63, 3.8) is 0 Å². The number of carbonyl (C=O) groups excluding carboxylic acids is 2. The predicted molar refractivity (Wildman–Crippen MR) is 92.7 cm³/mol. The van der Waals surface area contributed by atoms with Gasteiger partial charge in [-0.1, -0.05) is 30.3 Å². The number of hydrogen-bond acceptors (Lipinski definition) is 3. The third-order valence-electron chi connectivity index (χ3n) is 4.38. The van der Waals surface area contributed by atoms with Crippen molar-refractivity contribution in [2.24, 2.45) is 0 Å². The van der Waals surface area contributed by atoms with Crippen molar-refractivity contribution in [1.29, 1.82) is 0 Å². The van der Waals surface area contributed by atoms with E-state index in [-0.39, 0.29) is 37.2 Å². The van der Waals surface area contributed by atoms with Gasteiger partial charge in [0.2, 0.25) is 11.8 Å². The average molecular weight is 324 g/mol. The zero-order chi connectivity index (χ0) is 17.1. The van der Waals surface area contributed by atoms with Crippen LogP contribution in [0.15, 0.2) is 42.5 Å². The number of hydrogen-bond donors (Lipinski definition) is 3. The molecule has 1 unspecified atom stereocenters. The number of aliphatic hydroxyl groups is 1. The van der Waals surface area contributed by atoms with Crippen molar-refractivity contribution in [2.45, 2.75) is 18.8 Å². The van der Waals surface area contributed by atoms with Crippen LogP contribution >= 0.6 is 0 Å². The van der Waals surface area contributed by atoms with Crippen LogP contribution in [-0.4, -0.2) is 30.6 Å².